The molecule has 3 N–H and O–H groups in total. The van der Waals surface area contributed by atoms with Crippen LogP contribution >= 0.6 is 0 Å². The Morgan fingerprint density at radius 1 is 1.14 bits per heavy atom. The summed E-state index contributed by atoms with van der Waals surface area (Å²) in [7, 11) is 0. The first kappa shape index (κ1) is 26.2. The van der Waals surface area contributed by atoms with Crippen molar-refractivity contribution in [3.05, 3.63) is 64.7 Å². The van der Waals surface area contributed by atoms with Crippen LogP contribution in [0.25, 0.3) is 0 Å². The number of rotatable bonds is 9. The Hall–Kier alpha value is -2.90. The molecule has 1 heterocycles. The molecule has 0 saturated heterocycles. The van der Waals surface area contributed by atoms with Gasteiger partial charge in [0.25, 0.3) is 0 Å². The molecule has 2 aromatic rings. The van der Waals surface area contributed by atoms with Gasteiger partial charge in [0.2, 0.25) is 5.91 Å². The van der Waals surface area contributed by atoms with Crippen LogP contribution in [0.4, 0.5) is 0 Å². The number of aliphatic carboxylic acids is 1. The average molecular weight is 495 g/mol. The molecule has 1 fully saturated rings. The van der Waals surface area contributed by atoms with E-state index in [0.717, 1.165) is 24.3 Å². The van der Waals surface area contributed by atoms with Gasteiger partial charge >= 0.3 is 5.97 Å². The molecule has 0 radical (unpaired) electrons. The van der Waals surface area contributed by atoms with Gasteiger partial charge in [-0.3, -0.25) is 14.5 Å². The molecule has 2 aromatic carbocycles. The summed E-state index contributed by atoms with van der Waals surface area (Å²) in [4.78, 5) is 25.8. The van der Waals surface area contributed by atoms with E-state index < -0.39 is 18.2 Å². The monoisotopic (exact) mass is 494 g/mol. The molecule has 0 spiro atoms. The van der Waals surface area contributed by atoms with Crippen LogP contribution in [0.2, 0.25) is 0 Å². The first-order valence-corrected chi connectivity index (χ1v) is 13.0. The van der Waals surface area contributed by atoms with Crippen LogP contribution in [0.1, 0.15) is 67.7 Å². The number of hydrogen-bond donors (Lipinski definition) is 3. The molecule has 1 aliphatic carbocycles. The van der Waals surface area contributed by atoms with E-state index in [1.165, 1.54) is 16.7 Å². The van der Waals surface area contributed by atoms with E-state index in [0.29, 0.717) is 25.3 Å². The molecule has 194 valence electrons. The maximum atomic E-state index is 12.7. The highest BCUT2D eigenvalue weighted by Gasteiger charge is 2.47. The van der Waals surface area contributed by atoms with Gasteiger partial charge in [-0.2, -0.15) is 0 Å². The second kappa shape index (κ2) is 11.4. The van der Waals surface area contributed by atoms with Crippen molar-refractivity contribution < 1.29 is 24.5 Å². The highest BCUT2D eigenvalue weighted by molar-refractivity contribution is 5.77. The fraction of sp³-hybridized carbons (Fsp3) is 0.517. The molecule has 0 bridgehead atoms. The van der Waals surface area contributed by atoms with Crippen molar-refractivity contribution in [1.29, 1.82) is 0 Å². The topological polar surface area (TPSA) is 99.1 Å². The number of fused-ring (bicyclic) bond motifs is 1. The lowest BCUT2D eigenvalue weighted by atomic mass is 9.97. The molecule has 0 unspecified atom stereocenters. The lowest BCUT2D eigenvalue weighted by molar-refractivity contribution is -0.137. The first-order valence-electron chi connectivity index (χ1n) is 13.0. The van der Waals surface area contributed by atoms with Crippen LogP contribution in [0.3, 0.4) is 0 Å². The van der Waals surface area contributed by atoms with Gasteiger partial charge in [-0.05, 0) is 60.1 Å². The Labute approximate surface area is 213 Å². The molecule has 7 nitrogen and oxygen atoms in total. The second-order valence-electron chi connectivity index (χ2n) is 10.5. The van der Waals surface area contributed by atoms with Gasteiger partial charge in [0.1, 0.15) is 18.0 Å². The molecule has 1 amide bonds. The van der Waals surface area contributed by atoms with Crippen molar-refractivity contribution in [2.24, 2.45) is 0 Å². The van der Waals surface area contributed by atoms with Crippen LogP contribution < -0.4 is 10.1 Å². The number of ether oxygens (including phenoxy) is 1. The Kier molecular flexibility index (Phi) is 8.32. The number of nitrogens with one attached hydrogen (secondary N) is 1. The summed E-state index contributed by atoms with van der Waals surface area (Å²) >= 11 is 0. The number of carboxylic acids is 1. The van der Waals surface area contributed by atoms with Crippen LogP contribution in [0, 0.1) is 6.92 Å². The lowest BCUT2D eigenvalue weighted by Crippen LogP contribution is -2.54. The number of aliphatic hydroxyl groups excluding tert-OH is 1. The molecule has 7 heteroatoms. The van der Waals surface area contributed by atoms with Crippen LogP contribution in [-0.2, 0) is 22.6 Å². The summed E-state index contributed by atoms with van der Waals surface area (Å²) in [5.74, 6) is 0.00386. The van der Waals surface area contributed by atoms with Crippen LogP contribution in [0.5, 0.6) is 5.75 Å². The molecule has 2 aliphatic rings. The first-order chi connectivity index (χ1) is 17.2. The van der Waals surface area contributed by atoms with Crippen molar-refractivity contribution in [2.75, 3.05) is 6.54 Å². The molecular weight excluding hydrogens is 456 g/mol. The third kappa shape index (κ3) is 6.26. The molecule has 1 aliphatic heterocycles. The van der Waals surface area contributed by atoms with Crippen LogP contribution in [0.15, 0.2) is 42.5 Å². The minimum Gasteiger partial charge on any atom is -0.488 e. The Balaban J connectivity index is 1.53. The quantitative estimate of drug-likeness (QED) is 0.491. The lowest BCUT2D eigenvalue weighted by Gasteiger charge is -2.38. The van der Waals surface area contributed by atoms with Crippen molar-refractivity contribution in [3.8, 4) is 5.75 Å². The highest BCUT2D eigenvalue weighted by Crippen LogP contribution is 2.33. The van der Waals surface area contributed by atoms with E-state index in [2.05, 4.69) is 48.3 Å². The van der Waals surface area contributed by atoms with E-state index in [9.17, 15) is 14.7 Å². The predicted octanol–water partition coefficient (Wildman–Crippen LogP) is 3.80. The van der Waals surface area contributed by atoms with E-state index in [1.807, 2.05) is 25.1 Å². The average Bonchev–Trinajstić information content (AvgIpc) is 3.12. The minimum atomic E-state index is -0.906. The Morgan fingerprint density at radius 3 is 2.61 bits per heavy atom. The number of carbonyl (C=O) groups is 2. The summed E-state index contributed by atoms with van der Waals surface area (Å²) in [5.41, 5.74) is 4.86. The van der Waals surface area contributed by atoms with Gasteiger partial charge in [-0.1, -0.05) is 44.2 Å². The number of amides is 1. The maximum absolute atomic E-state index is 12.7. The standard InChI is InChI=1S/C29H38N2O5/c1-18(2)22-13-19(3)14-23(15-22)36-25-16-24(30-26(32)9-6-10-27(33)34)28(29(25)35)31-12-11-20-7-4-5-8-21(20)17-31/h4-5,7-8,13-15,18,24-25,28-29,35H,6,9-12,16-17H2,1-3H3,(H,30,32)(H,33,34)/t24-,25-,28+,29+/m1/s1. The summed E-state index contributed by atoms with van der Waals surface area (Å²) in [5, 5.41) is 23.5. The second-order valence-corrected chi connectivity index (χ2v) is 10.5. The number of hydrogen-bond acceptors (Lipinski definition) is 5. The Morgan fingerprint density at radius 2 is 1.89 bits per heavy atom. The largest absolute Gasteiger partial charge is 0.488 e. The van der Waals surface area contributed by atoms with Gasteiger partial charge < -0.3 is 20.3 Å². The van der Waals surface area contributed by atoms with Gasteiger partial charge in [0.15, 0.2) is 0 Å². The summed E-state index contributed by atoms with van der Waals surface area (Å²) in [6, 6.07) is 13.9. The molecule has 4 atom stereocenters. The number of carbonyl (C=O) groups excluding carboxylic acids is 1. The molecule has 36 heavy (non-hydrogen) atoms. The number of aryl methyl sites for hydroxylation is 1. The molecule has 4 rings (SSSR count). The zero-order chi connectivity index (χ0) is 25.8. The molecule has 1 saturated carbocycles. The third-order valence-electron chi connectivity index (χ3n) is 7.38. The number of nitrogens with zero attached hydrogens (tertiary/aromatic N) is 1. The SMILES string of the molecule is Cc1cc(O[C@@H]2C[C@@H](NC(=O)CCCC(=O)O)[C@H](N3CCc4ccccc4C3)[C@H]2O)cc(C(C)C)c1. The van der Waals surface area contributed by atoms with E-state index in [-0.39, 0.29) is 30.8 Å². The van der Waals surface area contributed by atoms with E-state index in [1.54, 1.807) is 0 Å². The predicted molar refractivity (Wildman–Crippen MR) is 138 cm³/mol. The van der Waals surface area contributed by atoms with Gasteiger partial charge in [0.05, 0.1) is 12.1 Å². The van der Waals surface area contributed by atoms with Gasteiger partial charge in [-0.25, -0.2) is 0 Å². The van der Waals surface area contributed by atoms with Crippen LogP contribution in [-0.4, -0.2) is 57.8 Å². The Bertz CT molecular complexity index is 1090. The highest BCUT2D eigenvalue weighted by atomic mass is 16.5. The van der Waals surface area contributed by atoms with Crippen molar-refractivity contribution in [3.63, 3.8) is 0 Å². The number of aliphatic hydroxyl groups is 1. The minimum absolute atomic E-state index is 0.0374. The van der Waals surface area contributed by atoms with Crippen molar-refractivity contribution in [2.45, 2.75) is 89.6 Å². The van der Waals surface area contributed by atoms with E-state index in [4.69, 9.17) is 9.84 Å². The smallest absolute Gasteiger partial charge is 0.303 e. The zero-order valence-electron chi connectivity index (χ0n) is 21.4. The normalized spacial score (nSPS) is 23.9. The number of carboxylic acid groups (broad SMARTS) is 1. The summed E-state index contributed by atoms with van der Waals surface area (Å²) < 4.78 is 6.37. The molecular formula is C29H38N2O5. The zero-order valence-corrected chi connectivity index (χ0v) is 21.4. The van der Waals surface area contributed by atoms with Gasteiger partial charge in [-0.15, -0.1) is 0 Å². The van der Waals surface area contributed by atoms with Gasteiger partial charge in [0, 0.05) is 32.4 Å². The fourth-order valence-electron chi connectivity index (χ4n) is 5.52. The molecule has 0 aromatic heterocycles. The summed E-state index contributed by atoms with van der Waals surface area (Å²) in [6.07, 6.45) is 0.541. The summed E-state index contributed by atoms with van der Waals surface area (Å²) in [6.45, 7) is 7.82. The van der Waals surface area contributed by atoms with Crippen molar-refractivity contribution >= 4 is 11.9 Å². The van der Waals surface area contributed by atoms with Crippen molar-refractivity contribution in [1.82, 2.24) is 10.2 Å². The van der Waals surface area contributed by atoms with E-state index >= 15 is 0 Å². The maximum Gasteiger partial charge on any atom is 0.303 e. The number of benzene rings is 2. The third-order valence-corrected chi connectivity index (χ3v) is 7.38. The fourth-order valence-corrected chi connectivity index (χ4v) is 5.52.